The number of hydrogen-bond donors (Lipinski definition) is 3. The molecule has 0 saturated carbocycles. The molecule has 0 radical (unpaired) electrons. The minimum absolute atomic E-state index is 0.0863. The standard InChI is InChI=1S/C30H28ClN5O4S/c1-17-13-22(18(2)35(17)20-8-6-7-19(14-20)29(38)39)28-27(25-9-4-5-12-32-25)34-30(41)36(28)21-10-11-24(23(31)15-21)33-26(37)16-40-3/h4-15,27-28H,16H2,1-3H3,(H,33,37)(H,34,41)(H,38,39)/t27-,28+/m1/s1. The van der Waals surface area contributed by atoms with E-state index in [0.717, 1.165) is 34.0 Å². The predicted molar refractivity (Wildman–Crippen MR) is 162 cm³/mol. The van der Waals surface area contributed by atoms with Crippen molar-refractivity contribution >= 4 is 52.2 Å². The van der Waals surface area contributed by atoms with Crippen LogP contribution in [0.2, 0.25) is 5.02 Å². The number of hydrogen-bond acceptors (Lipinski definition) is 5. The molecule has 1 amide bonds. The van der Waals surface area contributed by atoms with Gasteiger partial charge in [0.2, 0.25) is 5.91 Å². The maximum atomic E-state index is 12.1. The Morgan fingerprint density at radius 3 is 2.59 bits per heavy atom. The fourth-order valence-corrected chi connectivity index (χ4v) is 5.85. The van der Waals surface area contributed by atoms with Gasteiger partial charge in [-0.2, -0.15) is 0 Å². The first-order valence-corrected chi connectivity index (χ1v) is 13.6. The zero-order valence-corrected chi connectivity index (χ0v) is 24.2. The zero-order valence-electron chi connectivity index (χ0n) is 22.6. The number of benzene rings is 2. The van der Waals surface area contributed by atoms with Gasteiger partial charge in [-0.15, -0.1) is 0 Å². The summed E-state index contributed by atoms with van der Waals surface area (Å²) >= 11 is 12.5. The lowest BCUT2D eigenvalue weighted by molar-refractivity contribution is -0.119. The van der Waals surface area contributed by atoms with Gasteiger partial charge in [0.1, 0.15) is 6.61 Å². The Labute approximate surface area is 247 Å². The molecular formula is C30H28ClN5O4S. The highest BCUT2D eigenvalue weighted by Crippen LogP contribution is 2.44. The second-order valence-electron chi connectivity index (χ2n) is 9.66. The molecule has 41 heavy (non-hydrogen) atoms. The van der Waals surface area contributed by atoms with Crippen LogP contribution in [-0.4, -0.2) is 45.4 Å². The van der Waals surface area contributed by atoms with Crippen LogP contribution in [0.25, 0.3) is 5.69 Å². The van der Waals surface area contributed by atoms with E-state index >= 15 is 0 Å². The highest BCUT2D eigenvalue weighted by atomic mass is 35.5. The SMILES string of the molecule is COCC(=O)Nc1ccc(N2C(=S)N[C@H](c3ccccn3)[C@@H]2c2cc(C)n(-c3cccc(C(=O)O)c3)c2C)cc1Cl. The number of thiocarbonyl (C=S) groups is 1. The molecule has 4 aromatic rings. The van der Waals surface area contributed by atoms with Gasteiger partial charge in [0.25, 0.3) is 0 Å². The van der Waals surface area contributed by atoms with E-state index in [4.69, 9.17) is 28.6 Å². The summed E-state index contributed by atoms with van der Waals surface area (Å²) in [6.07, 6.45) is 1.74. The molecule has 1 saturated heterocycles. The van der Waals surface area contributed by atoms with Gasteiger partial charge < -0.3 is 29.9 Å². The summed E-state index contributed by atoms with van der Waals surface area (Å²) in [5.74, 6) is -1.30. The number of rotatable bonds is 8. The van der Waals surface area contributed by atoms with Crippen molar-refractivity contribution in [2.24, 2.45) is 0 Å². The maximum Gasteiger partial charge on any atom is 0.335 e. The molecular weight excluding hydrogens is 562 g/mol. The molecule has 0 spiro atoms. The summed E-state index contributed by atoms with van der Waals surface area (Å²) in [4.78, 5) is 30.3. The third kappa shape index (κ3) is 5.54. The van der Waals surface area contributed by atoms with Gasteiger partial charge in [0.05, 0.1) is 34.1 Å². The van der Waals surface area contributed by atoms with Crippen molar-refractivity contribution in [1.29, 1.82) is 0 Å². The number of amides is 1. The second kappa shape index (κ2) is 11.7. The number of methoxy groups -OCH3 is 1. The Morgan fingerprint density at radius 2 is 1.90 bits per heavy atom. The molecule has 5 rings (SSSR count). The number of carbonyl (C=O) groups excluding carboxylic acids is 1. The molecule has 2 aromatic carbocycles. The first-order valence-electron chi connectivity index (χ1n) is 12.8. The molecule has 1 fully saturated rings. The monoisotopic (exact) mass is 589 g/mol. The van der Waals surface area contributed by atoms with Crippen molar-refractivity contribution in [3.05, 3.63) is 106 Å². The molecule has 0 bridgehead atoms. The number of nitrogens with one attached hydrogen (secondary N) is 2. The molecule has 0 unspecified atom stereocenters. The number of nitrogens with zero attached hydrogens (tertiary/aromatic N) is 3. The Bertz CT molecular complexity index is 1640. The van der Waals surface area contributed by atoms with Crippen molar-refractivity contribution in [3.63, 3.8) is 0 Å². The lowest BCUT2D eigenvalue weighted by atomic mass is 9.96. The highest BCUT2D eigenvalue weighted by Gasteiger charge is 2.42. The topological polar surface area (TPSA) is 109 Å². The van der Waals surface area contributed by atoms with Crippen LogP contribution in [0.5, 0.6) is 0 Å². The molecule has 11 heteroatoms. The maximum absolute atomic E-state index is 12.1. The Balaban J connectivity index is 1.61. The third-order valence-electron chi connectivity index (χ3n) is 7.02. The first kappa shape index (κ1) is 28.3. The Kier molecular flexibility index (Phi) is 8.07. The predicted octanol–water partition coefficient (Wildman–Crippen LogP) is 5.60. The summed E-state index contributed by atoms with van der Waals surface area (Å²) < 4.78 is 6.94. The Morgan fingerprint density at radius 1 is 1.10 bits per heavy atom. The van der Waals surface area contributed by atoms with Crippen LogP contribution >= 0.6 is 23.8 Å². The van der Waals surface area contributed by atoms with Crippen LogP contribution in [0.3, 0.4) is 0 Å². The number of anilines is 2. The number of pyridine rings is 1. The minimum atomic E-state index is -0.986. The summed E-state index contributed by atoms with van der Waals surface area (Å²) in [6.45, 7) is 3.91. The molecule has 0 aliphatic carbocycles. The Hall–Kier alpha value is -4.25. The van der Waals surface area contributed by atoms with Crippen LogP contribution in [0, 0.1) is 13.8 Å². The van der Waals surface area contributed by atoms with Crippen LogP contribution in [0.4, 0.5) is 11.4 Å². The molecule has 2 atom stereocenters. The van der Waals surface area contributed by atoms with E-state index in [9.17, 15) is 14.7 Å². The van der Waals surface area contributed by atoms with E-state index in [-0.39, 0.29) is 30.2 Å². The number of aromatic carboxylic acids is 1. The lowest BCUT2D eigenvalue weighted by Gasteiger charge is -2.28. The van der Waals surface area contributed by atoms with Crippen LogP contribution in [0.1, 0.15) is 45.1 Å². The van der Waals surface area contributed by atoms with E-state index < -0.39 is 5.97 Å². The number of carbonyl (C=O) groups is 2. The van der Waals surface area contributed by atoms with E-state index in [2.05, 4.69) is 21.7 Å². The van der Waals surface area contributed by atoms with Crippen molar-refractivity contribution in [2.75, 3.05) is 23.9 Å². The zero-order chi connectivity index (χ0) is 29.3. The quantitative estimate of drug-likeness (QED) is 0.228. The van der Waals surface area contributed by atoms with Gasteiger partial charge in [-0.25, -0.2) is 4.79 Å². The van der Waals surface area contributed by atoms with Crippen LogP contribution in [-0.2, 0) is 9.53 Å². The van der Waals surface area contributed by atoms with Crippen LogP contribution in [0.15, 0.2) is 72.9 Å². The number of ether oxygens (including phenoxy) is 1. The van der Waals surface area contributed by atoms with E-state index in [0.29, 0.717) is 15.8 Å². The van der Waals surface area contributed by atoms with Crippen molar-refractivity contribution < 1.29 is 19.4 Å². The molecule has 2 aromatic heterocycles. The summed E-state index contributed by atoms with van der Waals surface area (Å²) in [7, 11) is 1.45. The van der Waals surface area contributed by atoms with E-state index in [1.807, 2.05) is 53.6 Å². The fraction of sp³-hybridized carbons (Fsp3) is 0.200. The molecule has 1 aliphatic heterocycles. The normalized spacial score (nSPS) is 16.5. The van der Waals surface area contributed by atoms with Crippen molar-refractivity contribution in [3.8, 4) is 5.69 Å². The lowest BCUT2D eigenvalue weighted by Crippen LogP contribution is -2.29. The molecule has 210 valence electrons. The van der Waals surface area contributed by atoms with E-state index in [1.165, 1.54) is 7.11 Å². The van der Waals surface area contributed by atoms with Crippen molar-refractivity contribution in [2.45, 2.75) is 25.9 Å². The molecule has 3 N–H and O–H groups in total. The summed E-state index contributed by atoms with van der Waals surface area (Å²) in [5.41, 5.74) is 5.83. The summed E-state index contributed by atoms with van der Waals surface area (Å²) in [5, 5.41) is 16.6. The smallest absolute Gasteiger partial charge is 0.335 e. The van der Waals surface area contributed by atoms with Gasteiger partial charge in [-0.3, -0.25) is 9.78 Å². The average molecular weight is 590 g/mol. The van der Waals surface area contributed by atoms with Gasteiger partial charge in [0.15, 0.2) is 5.11 Å². The van der Waals surface area contributed by atoms with Crippen LogP contribution < -0.4 is 15.5 Å². The average Bonchev–Trinajstić information content (AvgIpc) is 3.45. The number of aromatic nitrogens is 2. The molecule has 3 heterocycles. The van der Waals surface area contributed by atoms with Crippen molar-refractivity contribution in [1.82, 2.24) is 14.9 Å². The van der Waals surface area contributed by atoms with Gasteiger partial charge in [0, 0.05) is 36.1 Å². The molecule has 9 nitrogen and oxygen atoms in total. The van der Waals surface area contributed by atoms with E-state index in [1.54, 1.807) is 36.5 Å². The molecule has 1 aliphatic rings. The largest absolute Gasteiger partial charge is 0.478 e. The third-order valence-corrected chi connectivity index (χ3v) is 7.65. The summed E-state index contributed by atoms with van der Waals surface area (Å²) in [6, 6.07) is 19.4. The van der Waals surface area contributed by atoms with Gasteiger partial charge in [-0.05, 0) is 86.2 Å². The second-order valence-corrected chi connectivity index (χ2v) is 10.5. The minimum Gasteiger partial charge on any atom is -0.478 e. The number of halogens is 1. The van der Waals surface area contributed by atoms with Gasteiger partial charge in [-0.1, -0.05) is 23.7 Å². The highest BCUT2D eigenvalue weighted by molar-refractivity contribution is 7.80. The van der Waals surface area contributed by atoms with Gasteiger partial charge >= 0.3 is 5.97 Å². The number of carboxylic acid groups (broad SMARTS) is 1. The number of aryl methyl sites for hydroxylation is 1. The fourth-order valence-electron chi connectivity index (χ4n) is 5.28. The number of carboxylic acids is 1. The first-order chi connectivity index (χ1) is 19.7.